The van der Waals surface area contributed by atoms with Crippen molar-refractivity contribution in [2.45, 2.75) is 6.43 Å². The van der Waals surface area contributed by atoms with E-state index in [4.69, 9.17) is 6.42 Å². The monoisotopic (exact) mass is 257 g/mol. The number of terminal acetylenes is 1. The normalized spacial score (nSPS) is 14.5. The summed E-state index contributed by atoms with van der Waals surface area (Å²) in [5, 5.41) is 0. The molecule has 1 aromatic carbocycles. The van der Waals surface area contributed by atoms with Gasteiger partial charge in [0.1, 0.15) is 0 Å². The number of halogens is 2. The van der Waals surface area contributed by atoms with E-state index in [2.05, 4.69) is 12.5 Å². The third-order valence-electron chi connectivity index (χ3n) is 2.85. The predicted octanol–water partition coefficient (Wildman–Crippen LogP) is 3.66. The van der Waals surface area contributed by atoms with Crippen LogP contribution in [-0.4, -0.2) is 17.9 Å². The van der Waals surface area contributed by atoms with E-state index in [-0.39, 0.29) is 6.54 Å². The summed E-state index contributed by atoms with van der Waals surface area (Å²) in [5.74, 6) is 2.52. The van der Waals surface area contributed by atoms with Gasteiger partial charge in [0.15, 0.2) is 0 Å². The molecule has 0 unspecified atom stereocenters. The van der Waals surface area contributed by atoms with Crippen LogP contribution in [0.15, 0.2) is 54.8 Å². The maximum atomic E-state index is 12.6. The first-order valence-electron chi connectivity index (χ1n) is 5.82. The largest absolute Gasteiger partial charge is 0.336 e. The molecule has 0 saturated carbocycles. The van der Waals surface area contributed by atoms with Crippen molar-refractivity contribution in [3.63, 3.8) is 0 Å². The Balaban J connectivity index is 2.34. The Kier molecular flexibility index (Phi) is 3.82. The Labute approximate surface area is 111 Å². The minimum Gasteiger partial charge on any atom is -0.336 e. The number of hydrogen-bond donors (Lipinski definition) is 0. The van der Waals surface area contributed by atoms with Gasteiger partial charge >= 0.3 is 0 Å². The van der Waals surface area contributed by atoms with Gasteiger partial charge in [-0.1, -0.05) is 30.7 Å². The summed E-state index contributed by atoms with van der Waals surface area (Å²) >= 11 is 0. The van der Waals surface area contributed by atoms with Crippen LogP contribution < -0.4 is 0 Å². The highest BCUT2D eigenvalue weighted by atomic mass is 19.3. The van der Waals surface area contributed by atoms with Gasteiger partial charge in [-0.25, -0.2) is 8.78 Å². The summed E-state index contributed by atoms with van der Waals surface area (Å²) in [7, 11) is 0. The lowest BCUT2D eigenvalue weighted by molar-refractivity contribution is 0.123. The van der Waals surface area contributed by atoms with E-state index in [0.29, 0.717) is 11.4 Å². The predicted molar refractivity (Wildman–Crippen MR) is 73.3 cm³/mol. The Morgan fingerprint density at radius 2 is 1.95 bits per heavy atom. The molecule has 0 N–H and O–H groups in total. The first-order chi connectivity index (χ1) is 9.11. The van der Waals surface area contributed by atoms with Gasteiger partial charge in [-0.15, -0.1) is 6.42 Å². The van der Waals surface area contributed by atoms with E-state index >= 15 is 0 Å². The number of hydrogen-bond acceptors (Lipinski definition) is 1. The molecule has 2 rings (SSSR count). The van der Waals surface area contributed by atoms with E-state index in [0.717, 1.165) is 11.1 Å². The number of benzene rings is 1. The summed E-state index contributed by atoms with van der Waals surface area (Å²) in [6.45, 7) is 3.42. The SMILES string of the molecule is C#Cc1ccc(C2=CC=CC(=C)N2CC(F)F)cc1. The molecule has 96 valence electrons. The fraction of sp³-hybridized carbons (Fsp3) is 0.125. The molecular weight excluding hydrogens is 244 g/mol. The Morgan fingerprint density at radius 1 is 1.26 bits per heavy atom. The topological polar surface area (TPSA) is 3.24 Å². The average molecular weight is 257 g/mol. The van der Waals surface area contributed by atoms with E-state index < -0.39 is 6.43 Å². The second-order valence-corrected chi connectivity index (χ2v) is 4.13. The van der Waals surface area contributed by atoms with Gasteiger partial charge in [0.05, 0.1) is 6.54 Å². The van der Waals surface area contributed by atoms with Crippen LogP contribution in [0.2, 0.25) is 0 Å². The number of allylic oxidation sites excluding steroid dienone is 3. The molecule has 1 aliphatic rings. The third-order valence-corrected chi connectivity index (χ3v) is 2.85. The molecule has 0 spiro atoms. The highest BCUT2D eigenvalue weighted by molar-refractivity contribution is 5.70. The van der Waals surface area contributed by atoms with Crippen molar-refractivity contribution < 1.29 is 8.78 Å². The highest BCUT2D eigenvalue weighted by Crippen LogP contribution is 2.27. The van der Waals surface area contributed by atoms with Crippen molar-refractivity contribution in [2.75, 3.05) is 6.54 Å². The lowest BCUT2D eigenvalue weighted by Gasteiger charge is -2.29. The molecule has 19 heavy (non-hydrogen) atoms. The van der Waals surface area contributed by atoms with Crippen molar-refractivity contribution in [1.82, 2.24) is 4.90 Å². The van der Waals surface area contributed by atoms with E-state index in [9.17, 15) is 8.78 Å². The lowest BCUT2D eigenvalue weighted by Crippen LogP contribution is -2.27. The fourth-order valence-corrected chi connectivity index (χ4v) is 1.93. The molecule has 0 fully saturated rings. The van der Waals surface area contributed by atoms with Gasteiger partial charge in [0, 0.05) is 17.0 Å². The Hall–Kier alpha value is -2.34. The minimum atomic E-state index is -2.42. The van der Waals surface area contributed by atoms with Gasteiger partial charge < -0.3 is 4.90 Å². The highest BCUT2D eigenvalue weighted by Gasteiger charge is 2.19. The molecule has 1 heterocycles. The van der Waals surface area contributed by atoms with Gasteiger partial charge in [0.2, 0.25) is 0 Å². The maximum Gasteiger partial charge on any atom is 0.256 e. The number of rotatable bonds is 3. The van der Waals surface area contributed by atoms with Crippen LogP contribution in [0.3, 0.4) is 0 Å². The van der Waals surface area contributed by atoms with Crippen molar-refractivity contribution in [3.05, 3.63) is 65.9 Å². The molecule has 0 aliphatic carbocycles. The van der Waals surface area contributed by atoms with Crippen LogP contribution in [0.5, 0.6) is 0 Å². The first kappa shape index (κ1) is 13.1. The van der Waals surface area contributed by atoms with Crippen molar-refractivity contribution in [3.8, 4) is 12.3 Å². The van der Waals surface area contributed by atoms with Crippen LogP contribution in [0.4, 0.5) is 8.78 Å². The Bertz CT molecular complexity index is 574. The molecule has 1 aromatic rings. The summed E-state index contributed by atoms with van der Waals surface area (Å²) in [6, 6.07) is 7.23. The van der Waals surface area contributed by atoms with Crippen molar-refractivity contribution in [1.29, 1.82) is 0 Å². The Morgan fingerprint density at radius 3 is 2.53 bits per heavy atom. The summed E-state index contributed by atoms with van der Waals surface area (Å²) in [6.07, 6.45) is 8.18. The van der Waals surface area contributed by atoms with Crippen LogP contribution in [0.25, 0.3) is 5.70 Å². The van der Waals surface area contributed by atoms with Crippen LogP contribution in [0.1, 0.15) is 11.1 Å². The molecule has 0 saturated heterocycles. The van der Waals surface area contributed by atoms with Crippen molar-refractivity contribution in [2.24, 2.45) is 0 Å². The summed E-state index contributed by atoms with van der Waals surface area (Å²) in [5.41, 5.74) is 2.86. The lowest BCUT2D eigenvalue weighted by atomic mass is 10.1. The smallest absolute Gasteiger partial charge is 0.256 e. The number of nitrogens with zero attached hydrogens (tertiary/aromatic N) is 1. The van der Waals surface area contributed by atoms with E-state index in [1.54, 1.807) is 30.4 Å². The van der Waals surface area contributed by atoms with Crippen LogP contribution >= 0.6 is 0 Å². The van der Waals surface area contributed by atoms with Gasteiger partial charge in [-0.2, -0.15) is 0 Å². The van der Waals surface area contributed by atoms with Crippen LogP contribution in [0, 0.1) is 12.3 Å². The zero-order valence-electron chi connectivity index (χ0n) is 10.3. The zero-order valence-corrected chi connectivity index (χ0v) is 10.3. The first-order valence-corrected chi connectivity index (χ1v) is 5.82. The van der Waals surface area contributed by atoms with Gasteiger partial charge in [0.25, 0.3) is 6.43 Å². The molecule has 3 heteroatoms. The summed E-state index contributed by atoms with van der Waals surface area (Å²) < 4.78 is 25.3. The molecule has 0 bridgehead atoms. The molecule has 1 aliphatic heterocycles. The standard InChI is InChI=1S/C16H13F2N/c1-3-13-7-9-14(10-8-13)15-6-4-5-12(2)19(15)11-16(17)18/h1,4-10,16H,2,11H2. The second-order valence-electron chi connectivity index (χ2n) is 4.13. The van der Waals surface area contributed by atoms with E-state index in [1.807, 2.05) is 12.1 Å². The maximum absolute atomic E-state index is 12.6. The average Bonchev–Trinajstić information content (AvgIpc) is 2.41. The molecular formula is C16H13F2N. The minimum absolute atomic E-state index is 0.369. The molecule has 0 atom stereocenters. The third kappa shape index (κ3) is 2.92. The van der Waals surface area contributed by atoms with Crippen molar-refractivity contribution >= 4 is 5.70 Å². The molecule has 0 amide bonds. The van der Waals surface area contributed by atoms with Gasteiger partial charge in [-0.05, 0) is 29.8 Å². The zero-order chi connectivity index (χ0) is 13.8. The quantitative estimate of drug-likeness (QED) is 0.747. The summed E-state index contributed by atoms with van der Waals surface area (Å²) in [4.78, 5) is 1.51. The van der Waals surface area contributed by atoms with E-state index in [1.165, 1.54) is 4.90 Å². The van der Waals surface area contributed by atoms with Crippen LogP contribution in [-0.2, 0) is 0 Å². The van der Waals surface area contributed by atoms with Gasteiger partial charge in [-0.3, -0.25) is 0 Å². The molecule has 1 nitrogen and oxygen atoms in total. The number of alkyl halides is 2. The fourth-order valence-electron chi connectivity index (χ4n) is 1.93. The second kappa shape index (κ2) is 5.53. The molecule has 0 aromatic heterocycles. The molecule has 0 radical (unpaired) electrons.